The lowest BCUT2D eigenvalue weighted by Gasteiger charge is -2.23. The van der Waals surface area contributed by atoms with Crippen molar-refractivity contribution >= 4 is 29.2 Å². The van der Waals surface area contributed by atoms with Gasteiger partial charge in [0.2, 0.25) is 0 Å². The van der Waals surface area contributed by atoms with E-state index in [1.165, 1.54) is 0 Å². The summed E-state index contributed by atoms with van der Waals surface area (Å²) in [5, 5.41) is 0.477. The van der Waals surface area contributed by atoms with Crippen molar-refractivity contribution in [2.24, 2.45) is 0 Å². The molecule has 0 bridgehead atoms. The quantitative estimate of drug-likeness (QED) is 0.595. The van der Waals surface area contributed by atoms with Crippen LogP contribution >= 0.6 is 11.6 Å². The molecule has 0 saturated carbocycles. The molecule has 1 amide bonds. The number of fused-ring (bicyclic) bond motifs is 1. The van der Waals surface area contributed by atoms with Crippen LogP contribution in [0.2, 0.25) is 5.02 Å². The fourth-order valence-corrected chi connectivity index (χ4v) is 3.27. The van der Waals surface area contributed by atoms with Gasteiger partial charge in [0.1, 0.15) is 5.60 Å². The van der Waals surface area contributed by atoms with Gasteiger partial charge < -0.3 is 9.64 Å². The maximum Gasteiger partial charge on any atom is 0.313 e. The molecule has 0 fully saturated rings. The molecule has 0 radical (unpaired) electrons. The van der Waals surface area contributed by atoms with Gasteiger partial charge in [-0.1, -0.05) is 49.7 Å². The SMILES string of the molecule is CC.CC(C(=O)OC(C)(C)C)c1ccc(N2Cc3cccc(Cl)c3C2=O)cc1. The Morgan fingerprint density at radius 3 is 2.25 bits per heavy atom. The number of carbonyl (C=O) groups is 2. The normalized spacial score (nSPS) is 14.1. The van der Waals surface area contributed by atoms with E-state index in [0.717, 1.165) is 16.8 Å². The van der Waals surface area contributed by atoms with Crippen LogP contribution in [-0.4, -0.2) is 17.5 Å². The number of esters is 1. The highest BCUT2D eigenvalue weighted by Crippen LogP contribution is 2.33. The Kier molecular flexibility index (Phi) is 6.89. The number of carbonyl (C=O) groups excluding carboxylic acids is 2. The summed E-state index contributed by atoms with van der Waals surface area (Å²) in [6.45, 7) is 11.9. The van der Waals surface area contributed by atoms with E-state index in [-0.39, 0.29) is 17.8 Å². The van der Waals surface area contributed by atoms with Crippen molar-refractivity contribution in [3.63, 3.8) is 0 Å². The molecule has 150 valence electrons. The molecule has 0 aliphatic carbocycles. The third-order valence-corrected chi connectivity index (χ3v) is 4.67. The third-order valence-electron chi connectivity index (χ3n) is 4.35. The lowest BCUT2D eigenvalue weighted by molar-refractivity contribution is -0.156. The molecule has 28 heavy (non-hydrogen) atoms. The number of halogens is 1. The van der Waals surface area contributed by atoms with Crippen LogP contribution in [0.15, 0.2) is 42.5 Å². The van der Waals surface area contributed by atoms with Crippen LogP contribution < -0.4 is 4.90 Å². The first-order valence-corrected chi connectivity index (χ1v) is 9.97. The Morgan fingerprint density at radius 1 is 1.11 bits per heavy atom. The number of nitrogens with zero attached hydrogens (tertiary/aromatic N) is 1. The van der Waals surface area contributed by atoms with E-state index in [4.69, 9.17) is 16.3 Å². The smallest absolute Gasteiger partial charge is 0.313 e. The number of hydrogen-bond donors (Lipinski definition) is 0. The number of benzene rings is 2. The highest BCUT2D eigenvalue weighted by atomic mass is 35.5. The fraction of sp³-hybridized carbons (Fsp3) is 0.391. The zero-order valence-electron chi connectivity index (χ0n) is 17.4. The second kappa shape index (κ2) is 8.78. The molecule has 2 aromatic carbocycles. The second-order valence-corrected chi connectivity index (χ2v) is 7.92. The minimum absolute atomic E-state index is 0.0986. The van der Waals surface area contributed by atoms with Crippen molar-refractivity contribution in [2.45, 2.75) is 59.6 Å². The Labute approximate surface area is 172 Å². The Hall–Kier alpha value is -2.33. The lowest BCUT2D eigenvalue weighted by atomic mass is 10.0. The molecule has 0 spiro atoms. The molecular formula is C23H28ClNO3. The van der Waals surface area contributed by atoms with Crippen LogP contribution in [0.4, 0.5) is 5.69 Å². The van der Waals surface area contributed by atoms with E-state index in [2.05, 4.69) is 0 Å². The maximum absolute atomic E-state index is 12.7. The zero-order chi connectivity index (χ0) is 21.1. The van der Waals surface area contributed by atoms with Crippen molar-refractivity contribution in [1.29, 1.82) is 0 Å². The predicted octanol–water partition coefficient (Wildman–Crippen LogP) is 5.97. The molecular weight excluding hydrogens is 374 g/mol. The van der Waals surface area contributed by atoms with Gasteiger partial charge in [0.05, 0.1) is 23.0 Å². The fourth-order valence-electron chi connectivity index (χ4n) is 2.99. The summed E-state index contributed by atoms with van der Waals surface area (Å²) in [6.07, 6.45) is 0. The van der Waals surface area contributed by atoms with Gasteiger partial charge in [-0.15, -0.1) is 0 Å². The Bertz CT molecular complexity index is 853. The Morgan fingerprint density at radius 2 is 1.71 bits per heavy atom. The summed E-state index contributed by atoms with van der Waals surface area (Å²) >= 11 is 6.17. The van der Waals surface area contributed by atoms with Gasteiger partial charge in [-0.25, -0.2) is 0 Å². The van der Waals surface area contributed by atoms with E-state index in [1.807, 2.05) is 77.9 Å². The van der Waals surface area contributed by atoms with Gasteiger partial charge in [-0.05, 0) is 57.0 Å². The van der Waals surface area contributed by atoms with Crippen LogP contribution in [0.25, 0.3) is 0 Å². The predicted molar refractivity (Wildman–Crippen MR) is 114 cm³/mol. The first kappa shape index (κ1) is 22.0. The monoisotopic (exact) mass is 401 g/mol. The molecule has 3 rings (SSSR count). The van der Waals surface area contributed by atoms with E-state index in [9.17, 15) is 9.59 Å². The lowest BCUT2D eigenvalue weighted by Crippen LogP contribution is -2.27. The first-order chi connectivity index (χ1) is 13.2. The number of amides is 1. The first-order valence-electron chi connectivity index (χ1n) is 9.59. The van der Waals surface area contributed by atoms with E-state index >= 15 is 0 Å². The zero-order valence-corrected chi connectivity index (χ0v) is 18.1. The minimum atomic E-state index is -0.516. The summed E-state index contributed by atoms with van der Waals surface area (Å²) < 4.78 is 5.44. The number of hydrogen-bond acceptors (Lipinski definition) is 3. The van der Waals surface area contributed by atoms with Crippen molar-refractivity contribution in [3.05, 3.63) is 64.2 Å². The van der Waals surface area contributed by atoms with Crippen LogP contribution in [0.1, 0.15) is 68.9 Å². The van der Waals surface area contributed by atoms with Gasteiger partial charge in [0.25, 0.3) is 5.91 Å². The summed E-state index contributed by atoms with van der Waals surface area (Å²) in [5.74, 6) is -0.732. The van der Waals surface area contributed by atoms with E-state index in [0.29, 0.717) is 17.1 Å². The molecule has 4 nitrogen and oxygen atoms in total. The summed E-state index contributed by atoms with van der Waals surface area (Å²) in [5.41, 5.74) is 2.61. The third kappa shape index (κ3) is 4.74. The number of ether oxygens (including phenoxy) is 1. The number of rotatable bonds is 3. The Balaban J connectivity index is 0.00000136. The molecule has 1 heterocycles. The molecule has 5 heteroatoms. The van der Waals surface area contributed by atoms with Crippen LogP contribution in [-0.2, 0) is 16.1 Å². The van der Waals surface area contributed by atoms with E-state index in [1.54, 1.807) is 11.0 Å². The summed E-state index contributed by atoms with van der Waals surface area (Å²) in [4.78, 5) is 26.6. The molecule has 0 N–H and O–H groups in total. The summed E-state index contributed by atoms with van der Waals surface area (Å²) in [6, 6.07) is 12.9. The molecule has 1 unspecified atom stereocenters. The van der Waals surface area contributed by atoms with Crippen molar-refractivity contribution in [1.82, 2.24) is 0 Å². The average Bonchev–Trinajstić information content (AvgIpc) is 2.99. The van der Waals surface area contributed by atoms with Crippen LogP contribution in [0, 0.1) is 0 Å². The standard InChI is InChI=1S/C21H22ClNO3.C2H6/c1-13(20(25)26-21(2,3)4)14-8-10-16(11-9-14)23-12-15-6-5-7-17(22)18(15)19(23)24;1-2/h5-11,13H,12H2,1-4H3;1-2H3. The minimum Gasteiger partial charge on any atom is -0.460 e. The molecule has 1 aliphatic heterocycles. The maximum atomic E-state index is 12.7. The molecule has 1 aliphatic rings. The highest BCUT2D eigenvalue weighted by molar-refractivity contribution is 6.35. The average molecular weight is 402 g/mol. The molecule has 0 aromatic heterocycles. The van der Waals surface area contributed by atoms with Gasteiger partial charge in [-0.2, -0.15) is 0 Å². The summed E-state index contributed by atoms with van der Waals surface area (Å²) in [7, 11) is 0. The van der Waals surface area contributed by atoms with Crippen LogP contribution in [0.5, 0.6) is 0 Å². The highest BCUT2D eigenvalue weighted by Gasteiger charge is 2.30. The van der Waals surface area contributed by atoms with Gasteiger partial charge in [-0.3, -0.25) is 9.59 Å². The van der Waals surface area contributed by atoms with Gasteiger partial charge in [0.15, 0.2) is 0 Å². The molecule has 0 saturated heterocycles. The molecule has 1 atom stereocenters. The van der Waals surface area contributed by atoms with E-state index < -0.39 is 5.60 Å². The van der Waals surface area contributed by atoms with Gasteiger partial charge >= 0.3 is 5.97 Å². The van der Waals surface area contributed by atoms with Crippen molar-refractivity contribution < 1.29 is 14.3 Å². The van der Waals surface area contributed by atoms with Crippen molar-refractivity contribution in [3.8, 4) is 0 Å². The topological polar surface area (TPSA) is 46.6 Å². The van der Waals surface area contributed by atoms with Crippen LogP contribution in [0.3, 0.4) is 0 Å². The number of anilines is 1. The largest absolute Gasteiger partial charge is 0.460 e. The second-order valence-electron chi connectivity index (χ2n) is 7.51. The van der Waals surface area contributed by atoms with Crippen molar-refractivity contribution in [2.75, 3.05) is 4.90 Å². The van der Waals surface area contributed by atoms with Gasteiger partial charge in [0, 0.05) is 5.69 Å². The molecule has 2 aromatic rings.